The summed E-state index contributed by atoms with van der Waals surface area (Å²) in [6.07, 6.45) is 0.842. The molecular weight excluding hydrogens is 406 g/mol. The van der Waals surface area contributed by atoms with Gasteiger partial charge in [-0.05, 0) is 52.8 Å². The summed E-state index contributed by atoms with van der Waals surface area (Å²) in [6.45, 7) is 2.02. The third kappa shape index (κ3) is 2.81. The van der Waals surface area contributed by atoms with Gasteiger partial charge in [-0.3, -0.25) is 15.0 Å². The van der Waals surface area contributed by atoms with E-state index in [-0.39, 0.29) is 16.2 Å². The maximum Gasteiger partial charge on any atom is 0.282 e. The lowest BCUT2D eigenvalue weighted by Gasteiger charge is -2.07. The van der Waals surface area contributed by atoms with Crippen LogP contribution in [0.25, 0.3) is 10.2 Å². The van der Waals surface area contributed by atoms with E-state index >= 15 is 0 Å². The minimum Gasteiger partial charge on any atom is -0.322 e. The fourth-order valence-corrected chi connectivity index (χ4v) is 4.49. The molecule has 3 heterocycles. The quantitative estimate of drug-likeness (QED) is 0.637. The van der Waals surface area contributed by atoms with Crippen LogP contribution in [0.5, 0.6) is 0 Å². The normalized spacial score (nSPS) is 11.0. The van der Waals surface area contributed by atoms with E-state index in [1.54, 1.807) is 12.1 Å². The highest BCUT2D eigenvalue weighted by atomic mass is 79.9. The molecule has 0 aliphatic rings. The van der Waals surface area contributed by atoms with E-state index in [1.165, 1.54) is 22.7 Å². The molecule has 1 amide bonds. The Kier molecular flexibility index (Phi) is 4.31. The topological polar surface area (TPSA) is 66.9 Å². The molecule has 22 heavy (non-hydrogen) atoms. The number of carbonyl (C=O) groups is 1. The van der Waals surface area contributed by atoms with Gasteiger partial charge in [0.25, 0.3) is 11.5 Å². The summed E-state index contributed by atoms with van der Waals surface area (Å²) in [5, 5.41) is 0.531. The first-order chi connectivity index (χ1) is 10.5. The third-order valence-corrected chi connectivity index (χ3v) is 6.10. The van der Waals surface area contributed by atoms with Gasteiger partial charge >= 0.3 is 0 Å². The molecule has 0 unspecified atom stereocenters. The third-order valence-electron chi connectivity index (χ3n) is 3.00. The summed E-state index contributed by atoms with van der Waals surface area (Å²) in [6, 6.07) is 5.29. The predicted octanol–water partition coefficient (Wildman–Crippen LogP) is 3.89. The zero-order valence-electron chi connectivity index (χ0n) is 11.3. The van der Waals surface area contributed by atoms with Gasteiger partial charge in [0.05, 0.1) is 14.0 Å². The van der Waals surface area contributed by atoms with Crippen molar-refractivity contribution in [3.05, 3.63) is 46.9 Å². The minimum absolute atomic E-state index is 0.172. The van der Waals surface area contributed by atoms with Crippen LogP contribution in [0, 0.1) is 4.77 Å². The van der Waals surface area contributed by atoms with E-state index in [0.717, 1.165) is 24.6 Å². The number of amides is 1. The molecule has 0 aliphatic heterocycles. The highest BCUT2D eigenvalue weighted by molar-refractivity contribution is 9.11. The van der Waals surface area contributed by atoms with Crippen LogP contribution in [-0.2, 0) is 6.42 Å². The highest BCUT2D eigenvalue weighted by Gasteiger charge is 2.13. The molecule has 0 fully saturated rings. The van der Waals surface area contributed by atoms with Crippen LogP contribution in [0.4, 0.5) is 0 Å². The van der Waals surface area contributed by atoms with Crippen molar-refractivity contribution in [3.63, 3.8) is 0 Å². The Hall–Kier alpha value is -1.29. The Morgan fingerprint density at radius 2 is 2.23 bits per heavy atom. The summed E-state index contributed by atoms with van der Waals surface area (Å²) in [5.41, 5.74) is 2.23. The van der Waals surface area contributed by atoms with Crippen LogP contribution in [0.15, 0.2) is 26.8 Å². The fraction of sp³-hybridized carbons (Fsp3) is 0.154. The van der Waals surface area contributed by atoms with Gasteiger partial charge in [0.2, 0.25) is 4.77 Å². The molecule has 3 aromatic heterocycles. The Balaban J connectivity index is 2.05. The first-order valence-corrected chi connectivity index (χ1v) is 9.17. The van der Waals surface area contributed by atoms with Crippen molar-refractivity contribution >= 4 is 66.9 Å². The van der Waals surface area contributed by atoms with Crippen molar-refractivity contribution in [1.82, 2.24) is 9.66 Å². The average molecular weight is 416 g/mol. The summed E-state index contributed by atoms with van der Waals surface area (Å²) in [4.78, 5) is 30.0. The number of thiophene rings is 2. The number of nitrogens with zero attached hydrogens (tertiary/aromatic N) is 1. The number of carbonyl (C=O) groups excluding carboxylic acids is 1. The lowest BCUT2D eigenvalue weighted by atomic mass is 10.3. The van der Waals surface area contributed by atoms with Crippen molar-refractivity contribution in [3.8, 4) is 0 Å². The number of aryl methyl sites for hydroxylation is 1. The molecule has 0 aromatic carbocycles. The molecule has 0 saturated heterocycles. The van der Waals surface area contributed by atoms with Gasteiger partial charge in [-0.1, -0.05) is 6.92 Å². The molecule has 9 heteroatoms. The molecule has 2 N–H and O–H groups in total. The largest absolute Gasteiger partial charge is 0.322 e. The van der Waals surface area contributed by atoms with E-state index in [2.05, 4.69) is 26.3 Å². The number of rotatable bonds is 3. The maximum absolute atomic E-state index is 12.5. The minimum atomic E-state index is -0.373. The lowest BCUT2D eigenvalue weighted by molar-refractivity contribution is 0.101. The Labute approximate surface area is 146 Å². The lowest BCUT2D eigenvalue weighted by Crippen LogP contribution is -2.33. The van der Waals surface area contributed by atoms with Gasteiger partial charge in [0, 0.05) is 4.88 Å². The van der Waals surface area contributed by atoms with E-state index in [1.807, 2.05) is 13.0 Å². The van der Waals surface area contributed by atoms with E-state index in [9.17, 15) is 9.59 Å². The summed E-state index contributed by atoms with van der Waals surface area (Å²) in [7, 11) is 0. The molecular formula is C13H10BrN3O2S3. The number of H-pyrrole nitrogens is 1. The number of aromatic nitrogens is 2. The van der Waals surface area contributed by atoms with Crippen LogP contribution < -0.4 is 11.0 Å². The van der Waals surface area contributed by atoms with Crippen molar-refractivity contribution in [1.29, 1.82) is 0 Å². The molecule has 3 aromatic rings. The zero-order valence-corrected chi connectivity index (χ0v) is 15.3. The van der Waals surface area contributed by atoms with E-state index < -0.39 is 0 Å². The number of aromatic amines is 1. The summed E-state index contributed by atoms with van der Waals surface area (Å²) < 4.78 is 2.10. The van der Waals surface area contributed by atoms with E-state index in [0.29, 0.717) is 10.3 Å². The molecule has 0 bridgehead atoms. The Bertz CT molecular complexity index is 982. The predicted molar refractivity (Wildman–Crippen MR) is 96.4 cm³/mol. The first kappa shape index (κ1) is 15.6. The number of fused-ring (bicyclic) bond motifs is 1. The molecule has 3 rings (SSSR count). The van der Waals surface area contributed by atoms with E-state index in [4.69, 9.17) is 12.2 Å². The van der Waals surface area contributed by atoms with Gasteiger partial charge in [-0.15, -0.1) is 22.7 Å². The molecule has 0 radical (unpaired) electrons. The van der Waals surface area contributed by atoms with Crippen LogP contribution in [-0.4, -0.2) is 15.6 Å². The van der Waals surface area contributed by atoms with Crippen molar-refractivity contribution in [2.45, 2.75) is 13.3 Å². The zero-order chi connectivity index (χ0) is 15.9. The van der Waals surface area contributed by atoms with Crippen molar-refractivity contribution < 1.29 is 4.79 Å². The van der Waals surface area contributed by atoms with Crippen molar-refractivity contribution in [2.75, 3.05) is 5.43 Å². The first-order valence-electron chi connectivity index (χ1n) is 6.34. The number of nitrogens with one attached hydrogen (secondary N) is 2. The molecule has 114 valence electrons. The second kappa shape index (κ2) is 6.07. The smallest absolute Gasteiger partial charge is 0.282 e. The van der Waals surface area contributed by atoms with Crippen LogP contribution >= 0.6 is 50.8 Å². The number of hydrogen-bond donors (Lipinski definition) is 2. The summed E-state index contributed by atoms with van der Waals surface area (Å²) >= 11 is 11.3. The molecule has 5 nitrogen and oxygen atoms in total. The molecule has 0 aliphatic carbocycles. The van der Waals surface area contributed by atoms with Gasteiger partial charge < -0.3 is 4.98 Å². The SMILES string of the molecule is CCc1cc2c(=O)n(NC(=O)c3ccc(Br)s3)c(=S)[nH]c2s1. The summed E-state index contributed by atoms with van der Waals surface area (Å²) in [5.74, 6) is -0.373. The van der Waals surface area contributed by atoms with Crippen LogP contribution in [0.3, 0.4) is 0 Å². The number of hydrogen-bond acceptors (Lipinski definition) is 5. The molecule has 0 spiro atoms. The van der Waals surface area contributed by atoms with Gasteiger partial charge in [-0.25, -0.2) is 0 Å². The van der Waals surface area contributed by atoms with Crippen LogP contribution in [0.2, 0.25) is 0 Å². The second-order valence-electron chi connectivity index (χ2n) is 4.42. The van der Waals surface area contributed by atoms with Gasteiger partial charge in [0.15, 0.2) is 0 Å². The van der Waals surface area contributed by atoms with Gasteiger partial charge in [-0.2, -0.15) is 4.68 Å². The molecule has 0 saturated carbocycles. The fourth-order valence-electron chi connectivity index (χ4n) is 1.93. The average Bonchev–Trinajstić information content (AvgIpc) is 3.09. The second-order valence-corrected chi connectivity index (χ2v) is 8.41. The Morgan fingerprint density at radius 3 is 2.86 bits per heavy atom. The van der Waals surface area contributed by atoms with Crippen molar-refractivity contribution in [2.24, 2.45) is 0 Å². The number of halogens is 1. The van der Waals surface area contributed by atoms with Crippen LogP contribution in [0.1, 0.15) is 21.5 Å². The monoisotopic (exact) mass is 415 g/mol. The van der Waals surface area contributed by atoms with Gasteiger partial charge in [0.1, 0.15) is 4.83 Å². The standard InChI is InChI=1S/C13H10BrN3O2S3/c1-2-6-5-7-11(21-6)15-13(20)17(12(7)19)16-10(18)8-3-4-9(14)22-8/h3-5H,2H2,1H3,(H,15,20)(H,16,18). The Morgan fingerprint density at radius 1 is 1.45 bits per heavy atom. The highest BCUT2D eigenvalue weighted by Crippen LogP contribution is 2.23. The molecule has 0 atom stereocenters. The maximum atomic E-state index is 12.5.